The normalized spacial score (nSPS) is 18.9. The quantitative estimate of drug-likeness (QED) is 0.342. The largest absolute Gasteiger partial charge is 0.285 e. The first-order valence-electron chi connectivity index (χ1n) is 7.73. The summed E-state index contributed by atoms with van der Waals surface area (Å²) in [6.45, 7) is 1.75. The number of fused-ring (bicyclic) bond motifs is 1. The Labute approximate surface area is 186 Å². The molecule has 0 saturated carbocycles. The van der Waals surface area contributed by atoms with E-state index in [4.69, 9.17) is 23.2 Å². The molecule has 138 valence electrons. The maximum absolute atomic E-state index is 14.2. The number of anilines is 2. The highest BCUT2D eigenvalue weighted by Crippen LogP contribution is 2.45. The molecule has 1 aromatic heterocycles. The van der Waals surface area contributed by atoms with Crippen molar-refractivity contribution in [3.63, 3.8) is 0 Å². The van der Waals surface area contributed by atoms with E-state index in [-0.39, 0.29) is 5.91 Å². The number of rotatable bonds is 2. The number of aromatic nitrogens is 2. The number of nitrogens with zero attached hydrogens (tertiary/aromatic N) is 3. The topological polar surface area (TPSA) is 38.1 Å². The number of benzene rings is 2. The first-order chi connectivity index (χ1) is 12.7. The fourth-order valence-corrected chi connectivity index (χ4v) is 4.85. The second kappa shape index (κ2) is 6.72. The van der Waals surface area contributed by atoms with Gasteiger partial charge < -0.3 is 0 Å². The van der Waals surface area contributed by atoms with Crippen LogP contribution in [0.4, 0.5) is 16.0 Å². The van der Waals surface area contributed by atoms with Crippen molar-refractivity contribution in [2.24, 2.45) is 0 Å². The lowest BCUT2D eigenvalue weighted by atomic mass is 9.91. The zero-order valence-corrected chi connectivity index (χ0v) is 18.9. The predicted molar refractivity (Wildman–Crippen MR) is 115 cm³/mol. The van der Waals surface area contributed by atoms with Crippen molar-refractivity contribution in [2.75, 3.05) is 4.90 Å². The zero-order chi connectivity index (χ0) is 19.5. The summed E-state index contributed by atoms with van der Waals surface area (Å²) in [5, 5.41) is 0.808. The van der Waals surface area contributed by atoms with E-state index >= 15 is 0 Å². The maximum Gasteiger partial charge on any atom is 0.264 e. The van der Waals surface area contributed by atoms with Gasteiger partial charge in [-0.1, -0.05) is 29.3 Å². The number of amides is 1. The lowest BCUT2D eigenvalue weighted by Gasteiger charge is -2.26. The summed E-state index contributed by atoms with van der Waals surface area (Å²) in [7, 11) is 0. The van der Waals surface area contributed by atoms with Gasteiger partial charge in [-0.2, -0.15) is 0 Å². The molecule has 1 aliphatic heterocycles. The summed E-state index contributed by atoms with van der Waals surface area (Å²) < 4.78 is 17.1. The Kier molecular flexibility index (Phi) is 4.77. The molecular weight excluding hydrogens is 571 g/mol. The fourth-order valence-electron chi connectivity index (χ4n) is 3.25. The highest BCUT2D eigenvalue weighted by atomic mass is 127. The summed E-state index contributed by atoms with van der Waals surface area (Å²) >= 11 is 17.5. The smallest absolute Gasteiger partial charge is 0.264 e. The fraction of sp³-hybridized carbons (Fsp3) is 0.111. The Bertz CT molecular complexity index is 1090. The van der Waals surface area contributed by atoms with E-state index in [9.17, 15) is 9.18 Å². The van der Waals surface area contributed by atoms with E-state index in [1.807, 2.05) is 0 Å². The number of halogens is 5. The number of hydrogen-bond acceptors (Lipinski definition) is 2. The molecule has 0 aliphatic carbocycles. The van der Waals surface area contributed by atoms with E-state index < -0.39 is 11.4 Å². The Morgan fingerprint density at radius 1 is 1.19 bits per heavy atom. The first-order valence-corrected chi connectivity index (χ1v) is 10.4. The molecule has 4 rings (SSSR count). The van der Waals surface area contributed by atoms with E-state index in [1.165, 1.54) is 11.0 Å². The summed E-state index contributed by atoms with van der Waals surface area (Å²) in [4.78, 5) is 19.4. The van der Waals surface area contributed by atoms with Gasteiger partial charge in [0.2, 0.25) is 5.95 Å². The van der Waals surface area contributed by atoms with Gasteiger partial charge in [0.1, 0.15) is 9.52 Å². The Morgan fingerprint density at radius 3 is 2.48 bits per heavy atom. The van der Waals surface area contributed by atoms with Crippen molar-refractivity contribution < 1.29 is 9.18 Å². The molecule has 0 spiro atoms. The van der Waals surface area contributed by atoms with Crippen LogP contribution in [0.15, 0.2) is 47.1 Å². The Morgan fingerprint density at radius 2 is 1.85 bits per heavy atom. The van der Waals surface area contributed by atoms with Crippen LogP contribution in [0.1, 0.15) is 12.5 Å². The van der Waals surface area contributed by atoms with Gasteiger partial charge in [0, 0.05) is 10.0 Å². The molecule has 3 aromatic rings. The summed E-state index contributed by atoms with van der Waals surface area (Å²) in [5.41, 5.74) is -0.151. The third-order valence-electron chi connectivity index (χ3n) is 4.55. The van der Waals surface area contributed by atoms with Gasteiger partial charge in [-0.3, -0.25) is 9.36 Å². The number of hydrogen-bond donors (Lipinski definition) is 0. The van der Waals surface area contributed by atoms with Crippen molar-refractivity contribution in [1.29, 1.82) is 0 Å². The summed E-state index contributed by atoms with van der Waals surface area (Å²) in [6, 6.07) is 9.55. The van der Waals surface area contributed by atoms with Crippen LogP contribution in [-0.4, -0.2) is 15.5 Å². The number of carbonyl (C=O) groups is 1. The molecule has 0 saturated heterocycles. The molecule has 4 nitrogen and oxygen atoms in total. The van der Waals surface area contributed by atoms with Crippen molar-refractivity contribution >= 4 is 79.3 Å². The van der Waals surface area contributed by atoms with Crippen molar-refractivity contribution in [2.45, 2.75) is 12.5 Å². The van der Waals surface area contributed by atoms with Crippen LogP contribution in [0.3, 0.4) is 0 Å². The van der Waals surface area contributed by atoms with Gasteiger partial charge in [-0.25, -0.2) is 14.3 Å². The Balaban J connectivity index is 1.96. The molecule has 1 aliphatic rings. The molecule has 2 heterocycles. The molecule has 0 N–H and O–H groups in total. The molecule has 9 heteroatoms. The van der Waals surface area contributed by atoms with Gasteiger partial charge in [0.05, 0.1) is 16.4 Å². The van der Waals surface area contributed by atoms with Crippen LogP contribution in [0.5, 0.6) is 0 Å². The van der Waals surface area contributed by atoms with Crippen LogP contribution >= 0.6 is 61.7 Å². The molecule has 0 bridgehead atoms. The second-order valence-corrected chi connectivity index (χ2v) is 9.02. The van der Waals surface area contributed by atoms with Crippen LogP contribution < -0.4 is 4.90 Å². The van der Waals surface area contributed by atoms with E-state index in [1.54, 1.807) is 48.0 Å². The van der Waals surface area contributed by atoms with E-state index in [2.05, 4.69) is 43.5 Å². The van der Waals surface area contributed by atoms with Gasteiger partial charge in [0.15, 0.2) is 5.54 Å². The van der Waals surface area contributed by atoms with Crippen molar-refractivity contribution in [1.82, 2.24) is 9.55 Å². The SMILES string of the molecule is C[C@@]1(c2ccc(Br)c(F)c2)C(=O)N(c2cc(Cl)cc(Cl)c2)c2ncc(I)n21. The van der Waals surface area contributed by atoms with Gasteiger partial charge >= 0.3 is 0 Å². The Hall–Kier alpha value is -1.16. The number of carbonyl (C=O) groups excluding carboxylic acids is 1. The lowest BCUT2D eigenvalue weighted by molar-refractivity contribution is -0.122. The van der Waals surface area contributed by atoms with Crippen LogP contribution in [0.25, 0.3) is 0 Å². The average Bonchev–Trinajstić information content (AvgIpc) is 3.07. The first kappa shape index (κ1) is 19.2. The monoisotopic (exact) mass is 579 g/mol. The molecule has 1 amide bonds. The minimum absolute atomic E-state index is 0.274. The highest BCUT2D eigenvalue weighted by molar-refractivity contribution is 14.1. The van der Waals surface area contributed by atoms with E-state index in [0.717, 1.165) is 3.70 Å². The van der Waals surface area contributed by atoms with Crippen molar-refractivity contribution in [3.05, 3.63) is 72.2 Å². The van der Waals surface area contributed by atoms with Crippen LogP contribution in [0.2, 0.25) is 10.0 Å². The third-order valence-corrected chi connectivity index (χ3v) is 6.39. The maximum atomic E-state index is 14.2. The van der Waals surface area contributed by atoms with Crippen LogP contribution in [-0.2, 0) is 10.3 Å². The van der Waals surface area contributed by atoms with Crippen LogP contribution in [0, 0.1) is 9.52 Å². The minimum atomic E-state index is -1.17. The molecule has 0 unspecified atom stereocenters. The molecule has 0 radical (unpaired) electrons. The van der Waals surface area contributed by atoms with Crippen molar-refractivity contribution in [3.8, 4) is 0 Å². The molecule has 27 heavy (non-hydrogen) atoms. The predicted octanol–water partition coefficient (Wildman–Crippen LogP) is 6.14. The third kappa shape index (κ3) is 2.90. The average molecular weight is 581 g/mol. The molecular formula is C18H10BrCl2FIN3O. The van der Waals surface area contributed by atoms with Gasteiger partial charge in [-0.15, -0.1) is 0 Å². The lowest BCUT2D eigenvalue weighted by Crippen LogP contribution is -2.40. The standard InChI is InChI=1S/C18H10BrCl2FIN3O/c1-18(9-2-3-13(19)14(22)4-9)16(27)25(17-24-8-15(23)26(17)18)12-6-10(20)5-11(21)7-12/h2-8H,1H3/t18-/m1/s1. The second-order valence-electron chi connectivity index (χ2n) is 6.19. The molecule has 1 atom stereocenters. The highest BCUT2D eigenvalue weighted by Gasteiger charge is 2.51. The van der Waals surface area contributed by atoms with Gasteiger partial charge in [0.25, 0.3) is 5.91 Å². The summed E-state index contributed by atoms with van der Waals surface area (Å²) in [5.74, 6) is -0.292. The zero-order valence-electron chi connectivity index (χ0n) is 13.7. The molecule has 0 fully saturated rings. The van der Waals surface area contributed by atoms with E-state index in [0.29, 0.717) is 31.7 Å². The minimum Gasteiger partial charge on any atom is -0.285 e. The number of imidazole rings is 1. The molecule has 2 aromatic carbocycles. The summed E-state index contributed by atoms with van der Waals surface area (Å²) in [6.07, 6.45) is 1.66. The van der Waals surface area contributed by atoms with Gasteiger partial charge in [-0.05, 0) is 81.3 Å².